The average Bonchev–Trinajstić information content (AvgIpc) is 3.22. The molecular weight excluding hydrogens is 276 g/mol. The van der Waals surface area contributed by atoms with E-state index in [0.717, 1.165) is 42.2 Å². The minimum atomic E-state index is 0.279. The van der Waals surface area contributed by atoms with Gasteiger partial charge in [0.05, 0.1) is 17.3 Å². The van der Waals surface area contributed by atoms with Crippen molar-refractivity contribution in [2.45, 2.75) is 12.5 Å². The molecule has 1 aliphatic heterocycles. The average molecular weight is 294 g/mol. The summed E-state index contributed by atoms with van der Waals surface area (Å²) in [5, 5.41) is 4.75. The first-order valence-corrected chi connectivity index (χ1v) is 7.53. The number of aromatic nitrogens is 3. The van der Waals surface area contributed by atoms with Gasteiger partial charge in [0.25, 0.3) is 0 Å². The minimum absolute atomic E-state index is 0.279. The Hall–Kier alpha value is -2.40. The van der Waals surface area contributed by atoms with Crippen LogP contribution in [0.1, 0.15) is 6.42 Å². The summed E-state index contributed by atoms with van der Waals surface area (Å²) in [4.78, 5) is 6.77. The van der Waals surface area contributed by atoms with E-state index in [0.29, 0.717) is 0 Å². The lowest BCUT2D eigenvalue weighted by atomic mass is 10.1. The fraction of sp³-hybridized carbons (Fsp3) is 0.294. The molecule has 22 heavy (non-hydrogen) atoms. The Kier molecular flexibility index (Phi) is 3.27. The van der Waals surface area contributed by atoms with Crippen molar-refractivity contribution < 1.29 is 4.74 Å². The third-order valence-electron chi connectivity index (χ3n) is 4.19. The van der Waals surface area contributed by atoms with Gasteiger partial charge in [-0.1, -0.05) is 30.3 Å². The van der Waals surface area contributed by atoms with Crippen molar-refractivity contribution in [2.24, 2.45) is 0 Å². The second kappa shape index (κ2) is 5.42. The topological polar surface area (TPSA) is 42.7 Å². The molecule has 0 unspecified atom stereocenters. The van der Waals surface area contributed by atoms with Gasteiger partial charge >= 0.3 is 0 Å². The predicted molar refractivity (Wildman–Crippen MR) is 86.1 cm³/mol. The highest BCUT2D eigenvalue weighted by Gasteiger charge is 2.25. The number of rotatable bonds is 3. The van der Waals surface area contributed by atoms with Gasteiger partial charge in [-0.15, -0.1) is 0 Å². The van der Waals surface area contributed by atoms with Gasteiger partial charge in [-0.2, -0.15) is 9.61 Å². The number of ether oxygens (including phenoxy) is 1. The van der Waals surface area contributed by atoms with Crippen LogP contribution in [0.5, 0.6) is 0 Å². The molecule has 1 aliphatic rings. The standard InChI is InChI=1S/C17H18N4O/c1-22-15-8-10-20(12-15)17-18-9-7-14-11-16(19-21(14)17)13-5-3-2-4-6-13/h2-7,9,11,15H,8,10,12H2,1H3/t15-/m0/s1. The maximum absolute atomic E-state index is 5.45. The summed E-state index contributed by atoms with van der Waals surface area (Å²) < 4.78 is 7.38. The first kappa shape index (κ1) is 13.3. The van der Waals surface area contributed by atoms with E-state index >= 15 is 0 Å². The van der Waals surface area contributed by atoms with E-state index < -0.39 is 0 Å². The van der Waals surface area contributed by atoms with Crippen LogP contribution in [-0.4, -0.2) is 40.9 Å². The molecule has 112 valence electrons. The fourth-order valence-electron chi connectivity index (χ4n) is 2.98. The van der Waals surface area contributed by atoms with Crippen molar-refractivity contribution in [3.8, 4) is 11.3 Å². The van der Waals surface area contributed by atoms with Crippen molar-refractivity contribution in [1.82, 2.24) is 14.6 Å². The van der Waals surface area contributed by atoms with Crippen LogP contribution in [0.25, 0.3) is 16.8 Å². The largest absolute Gasteiger partial charge is 0.380 e. The van der Waals surface area contributed by atoms with E-state index in [-0.39, 0.29) is 6.10 Å². The lowest BCUT2D eigenvalue weighted by molar-refractivity contribution is 0.121. The Balaban J connectivity index is 1.76. The van der Waals surface area contributed by atoms with E-state index in [9.17, 15) is 0 Å². The predicted octanol–water partition coefficient (Wildman–Crippen LogP) is 2.62. The molecule has 5 nitrogen and oxygen atoms in total. The van der Waals surface area contributed by atoms with Crippen molar-refractivity contribution in [3.63, 3.8) is 0 Å². The minimum Gasteiger partial charge on any atom is -0.380 e. The highest BCUT2D eigenvalue weighted by atomic mass is 16.5. The van der Waals surface area contributed by atoms with E-state index in [1.807, 2.05) is 35.0 Å². The van der Waals surface area contributed by atoms with Gasteiger partial charge in [0.1, 0.15) is 0 Å². The normalized spacial score (nSPS) is 18.2. The zero-order valence-corrected chi connectivity index (χ0v) is 12.5. The Morgan fingerprint density at radius 2 is 2.05 bits per heavy atom. The quantitative estimate of drug-likeness (QED) is 0.745. The zero-order chi connectivity index (χ0) is 14.9. The number of anilines is 1. The molecule has 1 aromatic carbocycles. The Labute approximate surface area is 129 Å². The number of fused-ring (bicyclic) bond motifs is 1. The van der Waals surface area contributed by atoms with Crippen LogP contribution in [-0.2, 0) is 4.74 Å². The second-order valence-corrected chi connectivity index (χ2v) is 5.57. The molecule has 0 N–H and O–H groups in total. The van der Waals surface area contributed by atoms with Crippen LogP contribution in [0, 0.1) is 0 Å². The third kappa shape index (κ3) is 2.23. The van der Waals surface area contributed by atoms with Gasteiger partial charge in [0.2, 0.25) is 5.95 Å². The van der Waals surface area contributed by atoms with E-state index in [4.69, 9.17) is 9.84 Å². The molecule has 0 amide bonds. The summed E-state index contributed by atoms with van der Waals surface area (Å²) in [5.74, 6) is 0.888. The van der Waals surface area contributed by atoms with Crippen LogP contribution in [0.4, 0.5) is 5.95 Å². The molecule has 5 heteroatoms. The van der Waals surface area contributed by atoms with Crippen LogP contribution >= 0.6 is 0 Å². The highest BCUT2D eigenvalue weighted by molar-refractivity contribution is 5.67. The molecular formula is C17H18N4O. The molecule has 0 aliphatic carbocycles. The van der Waals surface area contributed by atoms with Crippen molar-refractivity contribution in [3.05, 3.63) is 48.7 Å². The molecule has 3 heterocycles. The van der Waals surface area contributed by atoms with Crippen LogP contribution in [0.2, 0.25) is 0 Å². The number of methoxy groups -OCH3 is 1. The fourth-order valence-corrected chi connectivity index (χ4v) is 2.98. The van der Waals surface area contributed by atoms with E-state index in [2.05, 4.69) is 28.1 Å². The smallest absolute Gasteiger partial charge is 0.227 e. The molecule has 3 aromatic rings. The van der Waals surface area contributed by atoms with Gasteiger partial charge in [0.15, 0.2) is 0 Å². The van der Waals surface area contributed by atoms with Gasteiger partial charge in [0, 0.05) is 32.0 Å². The summed E-state index contributed by atoms with van der Waals surface area (Å²) in [7, 11) is 1.77. The van der Waals surface area contributed by atoms with Crippen molar-refractivity contribution in [2.75, 3.05) is 25.1 Å². The van der Waals surface area contributed by atoms with Gasteiger partial charge in [-0.3, -0.25) is 0 Å². The first-order valence-electron chi connectivity index (χ1n) is 7.53. The maximum atomic E-state index is 5.45. The molecule has 1 saturated heterocycles. The molecule has 0 saturated carbocycles. The van der Waals surface area contributed by atoms with Gasteiger partial charge in [-0.05, 0) is 18.6 Å². The second-order valence-electron chi connectivity index (χ2n) is 5.57. The molecule has 0 bridgehead atoms. The van der Waals surface area contributed by atoms with Gasteiger partial charge < -0.3 is 9.64 Å². The summed E-state index contributed by atoms with van der Waals surface area (Å²) >= 11 is 0. The first-order chi connectivity index (χ1) is 10.8. The van der Waals surface area contributed by atoms with Crippen molar-refractivity contribution in [1.29, 1.82) is 0 Å². The summed E-state index contributed by atoms with van der Waals surface area (Å²) in [5.41, 5.74) is 3.15. The summed E-state index contributed by atoms with van der Waals surface area (Å²) in [6.45, 7) is 1.81. The molecule has 1 atom stereocenters. The molecule has 0 radical (unpaired) electrons. The van der Waals surface area contributed by atoms with Crippen LogP contribution in [0.3, 0.4) is 0 Å². The Bertz CT molecular complexity index is 784. The summed E-state index contributed by atoms with van der Waals surface area (Å²) in [6, 6.07) is 14.3. The summed E-state index contributed by atoms with van der Waals surface area (Å²) in [6.07, 6.45) is 3.16. The van der Waals surface area contributed by atoms with E-state index in [1.54, 1.807) is 7.11 Å². The van der Waals surface area contributed by atoms with Crippen molar-refractivity contribution >= 4 is 11.5 Å². The number of hydrogen-bond donors (Lipinski definition) is 0. The molecule has 2 aromatic heterocycles. The van der Waals surface area contributed by atoms with Crippen LogP contribution in [0.15, 0.2) is 48.7 Å². The van der Waals surface area contributed by atoms with E-state index in [1.165, 1.54) is 0 Å². The molecule has 4 rings (SSSR count). The SMILES string of the molecule is CO[C@H]1CCN(c2nccc3cc(-c4ccccc4)nn23)C1. The third-order valence-corrected chi connectivity index (χ3v) is 4.19. The van der Waals surface area contributed by atoms with Crippen LogP contribution < -0.4 is 4.90 Å². The monoisotopic (exact) mass is 294 g/mol. The zero-order valence-electron chi connectivity index (χ0n) is 12.5. The van der Waals surface area contributed by atoms with Gasteiger partial charge in [-0.25, -0.2) is 4.98 Å². The Morgan fingerprint density at radius 3 is 2.82 bits per heavy atom. The number of benzene rings is 1. The lowest BCUT2D eigenvalue weighted by Gasteiger charge is -2.17. The number of nitrogens with zero attached hydrogens (tertiary/aromatic N) is 4. The number of hydrogen-bond acceptors (Lipinski definition) is 4. The maximum Gasteiger partial charge on any atom is 0.227 e. The lowest BCUT2D eigenvalue weighted by Crippen LogP contribution is -2.25. The molecule has 0 spiro atoms. The molecule has 1 fully saturated rings. The Morgan fingerprint density at radius 1 is 1.18 bits per heavy atom. The highest BCUT2D eigenvalue weighted by Crippen LogP contribution is 2.24.